The van der Waals surface area contributed by atoms with Crippen LogP contribution in [0.2, 0.25) is 0 Å². The number of carbonyl (C=O) groups is 3. The molecule has 1 unspecified atom stereocenters. The van der Waals surface area contributed by atoms with E-state index in [0.717, 1.165) is 0 Å². The maximum Gasteiger partial charge on any atom is 0.339 e. The second kappa shape index (κ2) is 8.48. The van der Waals surface area contributed by atoms with Gasteiger partial charge in [0, 0.05) is 0 Å². The molecule has 142 valence electrons. The normalized spacial score (nSPS) is 15.7. The quantitative estimate of drug-likeness (QED) is 0.720. The Labute approximate surface area is 163 Å². The fourth-order valence-corrected chi connectivity index (χ4v) is 3.10. The van der Waals surface area contributed by atoms with Crippen molar-refractivity contribution >= 4 is 17.7 Å². The van der Waals surface area contributed by atoms with Crippen LogP contribution in [-0.2, 0) is 19.1 Å². The highest BCUT2D eigenvalue weighted by atomic mass is 16.6. The van der Waals surface area contributed by atoms with Crippen LogP contribution in [0.5, 0.6) is 0 Å². The van der Waals surface area contributed by atoms with Gasteiger partial charge in [0.25, 0.3) is 0 Å². The fourth-order valence-electron chi connectivity index (χ4n) is 3.10. The Morgan fingerprint density at radius 2 is 1.50 bits per heavy atom. The average Bonchev–Trinajstić information content (AvgIpc) is 2.72. The molecule has 2 aromatic carbocycles. The summed E-state index contributed by atoms with van der Waals surface area (Å²) >= 11 is 0. The molecule has 0 heterocycles. The molecule has 0 bridgehead atoms. The van der Waals surface area contributed by atoms with Gasteiger partial charge in [-0.25, -0.2) is 4.79 Å². The zero-order valence-electron chi connectivity index (χ0n) is 15.4. The third-order valence-electron chi connectivity index (χ3n) is 4.40. The first-order chi connectivity index (χ1) is 13.6. The van der Waals surface area contributed by atoms with E-state index in [1.54, 1.807) is 61.5 Å². The number of ether oxygens (including phenoxy) is 2. The predicted octanol–water partition coefficient (Wildman–Crippen LogP) is 3.62. The van der Waals surface area contributed by atoms with Crippen LogP contribution in [0.1, 0.15) is 28.8 Å². The summed E-state index contributed by atoms with van der Waals surface area (Å²) in [5.74, 6) is -2.35. The van der Waals surface area contributed by atoms with E-state index in [2.05, 4.69) is 0 Å². The number of benzene rings is 2. The molecule has 2 aromatic rings. The van der Waals surface area contributed by atoms with Crippen LogP contribution in [0.3, 0.4) is 0 Å². The van der Waals surface area contributed by atoms with E-state index in [9.17, 15) is 14.4 Å². The molecule has 0 fully saturated rings. The summed E-state index contributed by atoms with van der Waals surface area (Å²) in [6.07, 6.45) is 5.50. The van der Waals surface area contributed by atoms with Crippen molar-refractivity contribution in [1.82, 2.24) is 0 Å². The van der Waals surface area contributed by atoms with Gasteiger partial charge in [-0.3, -0.25) is 9.59 Å². The van der Waals surface area contributed by atoms with Crippen molar-refractivity contribution in [3.63, 3.8) is 0 Å². The second-order valence-corrected chi connectivity index (χ2v) is 6.27. The van der Waals surface area contributed by atoms with Crippen LogP contribution in [0.4, 0.5) is 0 Å². The molecule has 28 heavy (non-hydrogen) atoms. The van der Waals surface area contributed by atoms with Crippen LogP contribution in [0.25, 0.3) is 0 Å². The van der Waals surface area contributed by atoms with Gasteiger partial charge < -0.3 is 9.47 Å². The van der Waals surface area contributed by atoms with Crippen molar-refractivity contribution in [1.29, 1.82) is 0 Å². The van der Waals surface area contributed by atoms with Crippen molar-refractivity contribution in [2.75, 3.05) is 6.61 Å². The van der Waals surface area contributed by atoms with E-state index < -0.39 is 23.5 Å². The summed E-state index contributed by atoms with van der Waals surface area (Å²) in [4.78, 5) is 37.4. The van der Waals surface area contributed by atoms with Gasteiger partial charge in [-0.2, -0.15) is 0 Å². The van der Waals surface area contributed by atoms with Gasteiger partial charge in [0.15, 0.2) is 11.4 Å². The SMILES string of the molecule is CCOC(=O)C(c1ccccc1)C1(OC(=O)c2ccccc2)C=CC(=O)C=C1. The Hall–Kier alpha value is -3.47. The lowest BCUT2D eigenvalue weighted by atomic mass is 9.79. The molecule has 0 aromatic heterocycles. The van der Waals surface area contributed by atoms with Crippen molar-refractivity contribution in [3.05, 3.63) is 96.1 Å². The first-order valence-corrected chi connectivity index (χ1v) is 8.98. The monoisotopic (exact) mass is 376 g/mol. The Morgan fingerprint density at radius 3 is 2.07 bits per heavy atom. The third kappa shape index (κ3) is 4.09. The molecule has 5 heteroatoms. The molecule has 0 amide bonds. The van der Waals surface area contributed by atoms with Crippen molar-refractivity contribution in [3.8, 4) is 0 Å². The Kier molecular flexibility index (Phi) is 5.84. The Morgan fingerprint density at radius 1 is 0.929 bits per heavy atom. The summed E-state index contributed by atoms with van der Waals surface area (Å²) in [5, 5.41) is 0. The summed E-state index contributed by atoms with van der Waals surface area (Å²) in [6.45, 7) is 1.88. The van der Waals surface area contributed by atoms with Crippen LogP contribution in [0, 0.1) is 0 Å². The standard InChI is InChI=1S/C23H20O5/c1-2-27-22(26)20(17-9-5-3-6-10-17)23(15-13-19(24)14-16-23)28-21(25)18-11-7-4-8-12-18/h3-16,20H,2H2,1H3. The highest BCUT2D eigenvalue weighted by Gasteiger charge is 2.46. The lowest BCUT2D eigenvalue weighted by Crippen LogP contribution is -2.43. The maximum atomic E-state index is 12.9. The van der Waals surface area contributed by atoms with Crippen LogP contribution in [-0.4, -0.2) is 29.9 Å². The lowest BCUT2D eigenvalue weighted by Gasteiger charge is -2.35. The highest BCUT2D eigenvalue weighted by molar-refractivity contribution is 6.01. The van der Waals surface area contributed by atoms with Gasteiger partial charge in [-0.15, -0.1) is 0 Å². The Balaban J connectivity index is 2.07. The summed E-state index contributed by atoms with van der Waals surface area (Å²) < 4.78 is 11.1. The number of hydrogen-bond donors (Lipinski definition) is 0. The van der Waals surface area contributed by atoms with Gasteiger partial charge in [-0.1, -0.05) is 48.5 Å². The average molecular weight is 376 g/mol. The molecule has 5 nitrogen and oxygen atoms in total. The van der Waals surface area contributed by atoms with Gasteiger partial charge >= 0.3 is 11.9 Å². The smallest absolute Gasteiger partial charge is 0.339 e. The largest absolute Gasteiger partial charge is 0.465 e. The topological polar surface area (TPSA) is 69.7 Å². The minimum absolute atomic E-state index is 0.178. The number of carbonyl (C=O) groups excluding carboxylic acids is 3. The Bertz CT molecular complexity index is 897. The van der Waals surface area contributed by atoms with Crippen molar-refractivity contribution < 1.29 is 23.9 Å². The minimum atomic E-state index is -1.48. The molecule has 1 atom stereocenters. The molecule has 0 N–H and O–H groups in total. The van der Waals surface area contributed by atoms with Crippen molar-refractivity contribution in [2.45, 2.75) is 18.4 Å². The van der Waals surface area contributed by atoms with Crippen LogP contribution >= 0.6 is 0 Å². The second-order valence-electron chi connectivity index (χ2n) is 6.27. The van der Waals surface area contributed by atoms with E-state index in [0.29, 0.717) is 11.1 Å². The molecule has 0 saturated heterocycles. The molecule has 1 aliphatic carbocycles. The van der Waals surface area contributed by atoms with E-state index in [4.69, 9.17) is 9.47 Å². The molecule has 0 saturated carbocycles. The van der Waals surface area contributed by atoms with E-state index in [1.807, 2.05) is 6.07 Å². The predicted molar refractivity (Wildman–Crippen MR) is 104 cm³/mol. The van der Waals surface area contributed by atoms with Gasteiger partial charge in [0.1, 0.15) is 5.92 Å². The number of ketones is 1. The number of allylic oxidation sites excluding steroid dienone is 2. The first kappa shape index (κ1) is 19.3. The molecule has 0 spiro atoms. The first-order valence-electron chi connectivity index (χ1n) is 8.98. The maximum absolute atomic E-state index is 12.9. The van der Waals surface area contributed by atoms with Crippen LogP contribution < -0.4 is 0 Å². The molecule has 3 rings (SSSR count). The summed E-state index contributed by atoms with van der Waals surface area (Å²) in [5.41, 5.74) is -0.518. The van der Waals surface area contributed by atoms with Gasteiger partial charge in [0.05, 0.1) is 12.2 Å². The molecule has 0 radical (unpaired) electrons. The lowest BCUT2D eigenvalue weighted by molar-refractivity contribution is -0.149. The van der Waals surface area contributed by atoms with E-state index in [1.165, 1.54) is 24.3 Å². The molecular weight excluding hydrogens is 356 g/mol. The third-order valence-corrected chi connectivity index (χ3v) is 4.40. The van der Waals surface area contributed by atoms with Crippen LogP contribution in [0.15, 0.2) is 85.0 Å². The fraction of sp³-hybridized carbons (Fsp3) is 0.174. The molecular formula is C23H20O5. The van der Waals surface area contributed by atoms with Gasteiger partial charge in [-0.05, 0) is 48.9 Å². The highest BCUT2D eigenvalue weighted by Crippen LogP contribution is 2.38. The van der Waals surface area contributed by atoms with E-state index in [-0.39, 0.29) is 12.4 Å². The number of esters is 2. The van der Waals surface area contributed by atoms with Gasteiger partial charge in [0.2, 0.25) is 0 Å². The number of rotatable bonds is 6. The molecule has 1 aliphatic rings. The van der Waals surface area contributed by atoms with E-state index >= 15 is 0 Å². The summed E-state index contributed by atoms with van der Waals surface area (Å²) in [7, 11) is 0. The minimum Gasteiger partial charge on any atom is -0.465 e. The zero-order chi connectivity index (χ0) is 20.0. The van der Waals surface area contributed by atoms with Crippen molar-refractivity contribution in [2.24, 2.45) is 0 Å². The molecule has 0 aliphatic heterocycles. The summed E-state index contributed by atoms with van der Waals surface area (Å²) in [6, 6.07) is 17.4. The zero-order valence-corrected chi connectivity index (χ0v) is 15.4. The number of hydrogen-bond acceptors (Lipinski definition) is 5.